The molecule has 1 saturated carbocycles. The Morgan fingerprint density at radius 3 is 2.69 bits per heavy atom. The highest BCUT2D eigenvalue weighted by atomic mass is 19.1. The Morgan fingerprint density at radius 1 is 1.38 bits per heavy atom. The lowest BCUT2D eigenvalue weighted by atomic mass is 9.88. The molecule has 2 heteroatoms. The summed E-state index contributed by atoms with van der Waals surface area (Å²) in [6, 6.07) is 3.26. The maximum Gasteiger partial charge on any atom is 0.139 e. The molecular weight excluding hydrogens is 206 g/mol. The molecule has 86 valence electrons. The molecule has 1 aromatic carbocycles. The molecule has 1 fully saturated rings. The van der Waals surface area contributed by atoms with E-state index >= 15 is 0 Å². The number of rotatable bonds is 1. The van der Waals surface area contributed by atoms with Gasteiger partial charge in [0.05, 0.1) is 0 Å². The Hall–Kier alpha value is -0.920. The van der Waals surface area contributed by atoms with Gasteiger partial charge in [0, 0.05) is 11.5 Å². The van der Waals surface area contributed by atoms with Crippen LogP contribution in [0.4, 0.5) is 8.78 Å². The van der Waals surface area contributed by atoms with Crippen LogP contribution in [0.5, 0.6) is 0 Å². The van der Waals surface area contributed by atoms with Crippen LogP contribution in [-0.2, 0) is 5.67 Å². The zero-order valence-electron chi connectivity index (χ0n) is 9.85. The van der Waals surface area contributed by atoms with Gasteiger partial charge in [-0.3, -0.25) is 0 Å². The molecule has 0 N–H and O–H groups in total. The van der Waals surface area contributed by atoms with E-state index in [0.717, 1.165) is 17.5 Å². The maximum atomic E-state index is 14.5. The number of alkyl halides is 1. The Balaban J connectivity index is 2.28. The average molecular weight is 222 g/mol. The van der Waals surface area contributed by atoms with Crippen molar-refractivity contribution in [2.75, 3.05) is 0 Å². The summed E-state index contributed by atoms with van der Waals surface area (Å²) in [4.78, 5) is 0. The number of hydrogen-bond acceptors (Lipinski definition) is 0. The minimum absolute atomic E-state index is 0.0249. The third-order valence-corrected chi connectivity index (χ3v) is 4.20. The van der Waals surface area contributed by atoms with Crippen molar-refractivity contribution in [1.82, 2.24) is 0 Å². The summed E-state index contributed by atoms with van der Waals surface area (Å²) in [5, 5.41) is 0. The lowest BCUT2D eigenvalue weighted by molar-refractivity contribution is 0.161. The zero-order valence-corrected chi connectivity index (χ0v) is 9.85. The van der Waals surface area contributed by atoms with Crippen molar-refractivity contribution < 1.29 is 8.78 Å². The molecule has 1 aromatic rings. The van der Waals surface area contributed by atoms with Crippen LogP contribution in [0.25, 0.3) is 0 Å². The SMILES string of the molecule is CC(C)c1ccc(F)c2c1C1CC1C2(C)F. The molecule has 0 bridgehead atoms. The van der Waals surface area contributed by atoms with Crippen LogP contribution in [0.15, 0.2) is 12.1 Å². The van der Waals surface area contributed by atoms with E-state index < -0.39 is 5.67 Å². The first-order chi connectivity index (χ1) is 7.44. The van der Waals surface area contributed by atoms with Gasteiger partial charge in [0.25, 0.3) is 0 Å². The van der Waals surface area contributed by atoms with Gasteiger partial charge in [0.15, 0.2) is 0 Å². The first-order valence-corrected chi connectivity index (χ1v) is 5.96. The Labute approximate surface area is 94.7 Å². The van der Waals surface area contributed by atoms with Crippen molar-refractivity contribution in [2.45, 2.75) is 44.7 Å². The molecule has 2 aliphatic rings. The summed E-state index contributed by atoms with van der Waals surface area (Å²) in [6.07, 6.45) is 0.892. The fraction of sp³-hybridized carbons (Fsp3) is 0.571. The maximum absolute atomic E-state index is 14.5. The van der Waals surface area contributed by atoms with Gasteiger partial charge in [-0.2, -0.15) is 0 Å². The molecular formula is C14H16F2. The summed E-state index contributed by atoms with van der Waals surface area (Å²) >= 11 is 0. The fourth-order valence-corrected chi connectivity index (χ4v) is 3.31. The van der Waals surface area contributed by atoms with E-state index in [1.165, 1.54) is 13.0 Å². The minimum Gasteiger partial charge on any atom is -0.239 e. The largest absolute Gasteiger partial charge is 0.239 e. The van der Waals surface area contributed by atoms with Gasteiger partial charge < -0.3 is 0 Å². The summed E-state index contributed by atoms with van der Waals surface area (Å²) in [5.41, 5.74) is 1.00. The molecule has 0 nitrogen and oxygen atoms in total. The van der Waals surface area contributed by atoms with Crippen molar-refractivity contribution in [2.24, 2.45) is 5.92 Å². The molecule has 0 radical (unpaired) electrons. The topological polar surface area (TPSA) is 0 Å². The van der Waals surface area contributed by atoms with Gasteiger partial charge in [-0.05, 0) is 42.4 Å². The number of fused-ring (bicyclic) bond motifs is 3. The molecule has 16 heavy (non-hydrogen) atoms. The molecule has 3 atom stereocenters. The number of benzene rings is 1. The van der Waals surface area contributed by atoms with Gasteiger partial charge in [-0.25, -0.2) is 8.78 Å². The molecule has 2 aliphatic carbocycles. The summed E-state index contributed by atoms with van der Waals surface area (Å²) < 4.78 is 28.3. The van der Waals surface area contributed by atoms with Crippen molar-refractivity contribution in [3.63, 3.8) is 0 Å². The molecule has 0 amide bonds. The van der Waals surface area contributed by atoms with Crippen LogP contribution in [0.1, 0.15) is 55.7 Å². The third-order valence-electron chi connectivity index (χ3n) is 4.20. The molecule has 3 unspecified atom stereocenters. The van der Waals surface area contributed by atoms with Crippen LogP contribution in [0.2, 0.25) is 0 Å². The van der Waals surface area contributed by atoms with Gasteiger partial charge in [0.1, 0.15) is 11.5 Å². The first kappa shape index (κ1) is 10.2. The standard InChI is InChI=1S/C14H16F2/c1-7(2)8-4-5-11(15)13-12(8)9-6-10(9)14(13,3)16/h4-5,7,9-10H,6H2,1-3H3. The fourth-order valence-electron chi connectivity index (χ4n) is 3.31. The average Bonchev–Trinajstić information content (AvgIpc) is 2.91. The lowest BCUT2D eigenvalue weighted by Crippen LogP contribution is -2.18. The predicted molar refractivity (Wildman–Crippen MR) is 59.8 cm³/mol. The van der Waals surface area contributed by atoms with Crippen molar-refractivity contribution in [3.05, 3.63) is 34.6 Å². The minimum atomic E-state index is -1.45. The number of halogens is 2. The highest BCUT2D eigenvalue weighted by Crippen LogP contribution is 2.67. The normalized spacial score (nSPS) is 35.1. The summed E-state index contributed by atoms with van der Waals surface area (Å²) in [6.45, 7) is 5.70. The van der Waals surface area contributed by atoms with E-state index in [9.17, 15) is 8.78 Å². The third kappa shape index (κ3) is 1.08. The van der Waals surface area contributed by atoms with Crippen LogP contribution < -0.4 is 0 Å². The van der Waals surface area contributed by atoms with E-state index in [4.69, 9.17) is 0 Å². The Morgan fingerprint density at radius 2 is 2.06 bits per heavy atom. The highest BCUT2D eigenvalue weighted by Gasteiger charge is 2.61. The van der Waals surface area contributed by atoms with E-state index in [-0.39, 0.29) is 17.7 Å². The van der Waals surface area contributed by atoms with E-state index in [0.29, 0.717) is 11.5 Å². The van der Waals surface area contributed by atoms with E-state index in [2.05, 4.69) is 13.8 Å². The summed E-state index contributed by atoms with van der Waals surface area (Å²) in [5.74, 6) is 0.274. The molecule has 0 aromatic heterocycles. The summed E-state index contributed by atoms with van der Waals surface area (Å²) in [7, 11) is 0. The van der Waals surface area contributed by atoms with E-state index in [1.54, 1.807) is 0 Å². The smallest absolute Gasteiger partial charge is 0.139 e. The monoisotopic (exact) mass is 222 g/mol. The molecule has 0 aliphatic heterocycles. The second-order valence-electron chi connectivity index (χ2n) is 5.60. The quantitative estimate of drug-likeness (QED) is 0.666. The Kier molecular flexibility index (Phi) is 1.82. The van der Waals surface area contributed by atoms with Gasteiger partial charge in [-0.1, -0.05) is 19.9 Å². The molecule has 0 spiro atoms. The van der Waals surface area contributed by atoms with Crippen LogP contribution >= 0.6 is 0 Å². The van der Waals surface area contributed by atoms with Gasteiger partial charge in [-0.15, -0.1) is 0 Å². The van der Waals surface area contributed by atoms with Crippen LogP contribution in [-0.4, -0.2) is 0 Å². The molecule has 0 heterocycles. The highest BCUT2D eigenvalue weighted by molar-refractivity contribution is 5.53. The van der Waals surface area contributed by atoms with Crippen molar-refractivity contribution in [1.29, 1.82) is 0 Å². The van der Waals surface area contributed by atoms with Crippen LogP contribution in [0.3, 0.4) is 0 Å². The second kappa shape index (κ2) is 2.85. The van der Waals surface area contributed by atoms with Gasteiger partial charge >= 0.3 is 0 Å². The second-order valence-corrected chi connectivity index (χ2v) is 5.60. The van der Waals surface area contributed by atoms with Crippen molar-refractivity contribution in [3.8, 4) is 0 Å². The zero-order chi connectivity index (χ0) is 11.7. The van der Waals surface area contributed by atoms with Gasteiger partial charge in [0.2, 0.25) is 0 Å². The van der Waals surface area contributed by atoms with Crippen molar-refractivity contribution >= 4 is 0 Å². The molecule has 3 rings (SSSR count). The molecule has 0 saturated heterocycles. The first-order valence-electron chi connectivity index (χ1n) is 5.96. The lowest BCUT2D eigenvalue weighted by Gasteiger charge is -2.21. The van der Waals surface area contributed by atoms with E-state index in [1.807, 2.05) is 6.07 Å². The number of hydrogen-bond donors (Lipinski definition) is 0. The Bertz CT molecular complexity index is 460. The van der Waals surface area contributed by atoms with Crippen LogP contribution in [0, 0.1) is 11.7 Å². The predicted octanol–water partition coefficient (Wildman–Crippen LogP) is 4.25.